The van der Waals surface area contributed by atoms with Gasteiger partial charge in [0.15, 0.2) is 0 Å². The quantitative estimate of drug-likeness (QED) is 0.576. The Balaban J connectivity index is 1.27. The highest BCUT2D eigenvalue weighted by Crippen LogP contribution is 2.29. The summed E-state index contributed by atoms with van der Waals surface area (Å²) in [5.41, 5.74) is 3.91. The van der Waals surface area contributed by atoms with Gasteiger partial charge in [0.1, 0.15) is 0 Å². The van der Waals surface area contributed by atoms with E-state index in [-0.39, 0.29) is 17.8 Å². The van der Waals surface area contributed by atoms with Gasteiger partial charge in [-0.2, -0.15) is 5.26 Å². The van der Waals surface area contributed by atoms with Crippen molar-refractivity contribution < 1.29 is 14.4 Å². The molecule has 0 spiro atoms. The molecule has 2 heterocycles. The van der Waals surface area contributed by atoms with Crippen molar-refractivity contribution in [1.82, 2.24) is 15.1 Å². The highest BCUT2D eigenvalue weighted by molar-refractivity contribution is 5.97. The van der Waals surface area contributed by atoms with Crippen molar-refractivity contribution in [2.24, 2.45) is 0 Å². The Morgan fingerprint density at radius 3 is 2.50 bits per heavy atom. The summed E-state index contributed by atoms with van der Waals surface area (Å²) in [5.74, 6) is 0.534. The third kappa shape index (κ3) is 6.22. The van der Waals surface area contributed by atoms with E-state index in [1.165, 1.54) is 5.56 Å². The van der Waals surface area contributed by atoms with E-state index >= 15 is 0 Å². The molecule has 8 heteroatoms. The molecular weight excluding hydrogens is 454 g/mol. The molecule has 188 valence electrons. The highest BCUT2D eigenvalue weighted by atomic mass is 16.2. The van der Waals surface area contributed by atoms with Crippen LogP contribution in [0.15, 0.2) is 42.5 Å². The molecule has 0 aliphatic carbocycles. The van der Waals surface area contributed by atoms with E-state index in [1.807, 2.05) is 47.1 Å². The van der Waals surface area contributed by atoms with Gasteiger partial charge in [-0.05, 0) is 73.9 Å². The zero-order valence-corrected chi connectivity index (χ0v) is 20.8. The van der Waals surface area contributed by atoms with Gasteiger partial charge in [0, 0.05) is 50.4 Å². The lowest BCUT2D eigenvalue weighted by Gasteiger charge is -2.32. The Hall–Kier alpha value is -3.86. The molecule has 0 bridgehead atoms. The van der Waals surface area contributed by atoms with Crippen LogP contribution >= 0.6 is 0 Å². The maximum absolute atomic E-state index is 13.2. The molecule has 0 saturated carbocycles. The molecule has 0 aromatic heterocycles. The van der Waals surface area contributed by atoms with Crippen LogP contribution in [0.25, 0.3) is 0 Å². The minimum atomic E-state index is -0.321. The Morgan fingerprint density at radius 2 is 1.83 bits per heavy atom. The van der Waals surface area contributed by atoms with Crippen LogP contribution in [-0.4, -0.2) is 60.4 Å². The minimum absolute atomic E-state index is 0.0352. The average Bonchev–Trinajstić information content (AvgIpc) is 3.32. The molecule has 4 amide bonds. The zero-order valence-electron chi connectivity index (χ0n) is 20.8. The molecule has 0 radical (unpaired) electrons. The molecular formula is C28H33N5O3. The molecule has 2 saturated heterocycles. The fraction of sp³-hybridized carbons (Fsp3) is 0.429. The lowest BCUT2D eigenvalue weighted by Crippen LogP contribution is -2.38. The highest BCUT2D eigenvalue weighted by Gasteiger charge is 2.25. The molecule has 2 fully saturated rings. The monoisotopic (exact) mass is 487 g/mol. The summed E-state index contributed by atoms with van der Waals surface area (Å²) in [7, 11) is 0. The number of amides is 4. The van der Waals surface area contributed by atoms with Crippen LogP contribution in [0, 0.1) is 18.3 Å². The number of anilines is 1. The fourth-order valence-corrected chi connectivity index (χ4v) is 4.90. The normalized spacial score (nSPS) is 16.1. The van der Waals surface area contributed by atoms with Crippen LogP contribution in [0.3, 0.4) is 0 Å². The van der Waals surface area contributed by atoms with Gasteiger partial charge in [-0.1, -0.05) is 18.2 Å². The van der Waals surface area contributed by atoms with Crippen molar-refractivity contribution in [3.8, 4) is 6.07 Å². The molecule has 8 nitrogen and oxygen atoms in total. The standard InChI is InChI=1S/C28H33N5O3/c1-20-5-8-24(18-25(20)31-28(36)30-13-3-15-32-14-2-4-26(32)34)27(35)33-16-11-23(12-17-33)22-9-6-21(19-29)7-10-22/h5-10,18,23H,2-4,11-17H2,1H3,(H2,30,31,36). The summed E-state index contributed by atoms with van der Waals surface area (Å²) in [6, 6.07) is 14.9. The molecule has 2 aliphatic rings. The number of carbonyl (C=O) groups is 3. The summed E-state index contributed by atoms with van der Waals surface area (Å²) in [5, 5.41) is 14.7. The number of urea groups is 1. The van der Waals surface area contributed by atoms with E-state index < -0.39 is 0 Å². The van der Waals surface area contributed by atoms with Crippen LogP contribution in [-0.2, 0) is 4.79 Å². The summed E-state index contributed by atoms with van der Waals surface area (Å²) >= 11 is 0. The summed E-state index contributed by atoms with van der Waals surface area (Å²) < 4.78 is 0. The molecule has 4 rings (SSSR count). The Morgan fingerprint density at radius 1 is 1.08 bits per heavy atom. The van der Waals surface area contributed by atoms with E-state index in [4.69, 9.17) is 5.26 Å². The van der Waals surface area contributed by atoms with Gasteiger partial charge in [-0.25, -0.2) is 4.79 Å². The van der Waals surface area contributed by atoms with Crippen molar-refractivity contribution in [1.29, 1.82) is 5.26 Å². The number of hydrogen-bond donors (Lipinski definition) is 2. The van der Waals surface area contributed by atoms with Crippen LogP contribution in [0.4, 0.5) is 10.5 Å². The molecule has 36 heavy (non-hydrogen) atoms. The number of nitrogens with one attached hydrogen (secondary N) is 2. The SMILES string of the molecule is Cc1ccc(C(=O)N2CCC(c3ccc(C#N)cc3)CC2)cc1NC(=O)NCCCN1CCCC1=O. The maximum atomic E-state index is 13.2. The van der Waals surface area contributed by atoms with Crippen molar-refractivity contribution in [2.75, 3.05) is 38.0 Å². The minimum Gasteiger partial charge on any atom is -0.343 e. The molecule has 2 aromatic carbocycles. The maximum Gasteiger partial charge on any atom is 0.319 e. The van der Waals surface area contributed by atoms with E-state index in [0.29, 0.717) is 61.8 Å². The summed E-state index contributed by atoms with van der Waals surface area (Å²) in [6.07, 6.45) is 3.99. The van der Waals surface area contributed by atoms with Crippen LogP contribution < -0.4 is 10.6 Å². The Bertz CT molecular complexity index is 1150. The second-order valence-corrected chi connectivity index (χ2v) is 9.55. The van der Waals surface area contributed by atoms with E-state index in [0.717, 1.165) is 31.4 Å². The first-order valence-electron chi connectivity index (χ1n) is 12.7. The van der Waals surface area contributed by atoms with Crippen LogP contribution in [0.2, 0.25) is 0 Å². The Labute approximate surface area is 212 Å². The van der Waals surface area contributed by atoms with Crippen molar-refractivity contribution >= 4 is 23.5 Å². The summed E-state index contributed by atoms with van der Waals surface area (Å²) in [4.78, 5) is 41.0. The largest absolute Gasteiger partial charge is 0.343 e. The number of nitriles is 1. The van der Waals surface area contributed by atoms with Gasteiger partial charge in [-0.15, -0.1) is 0 Å². The second kappa shape index (κ2) is 11.7. The van der Waals surface area contributed by atoms with Crippen molar-refractivity contribution in [2.45, 2.75) is 44.9 Å². The lowest BCUT2D eigenvalue weighted by atomic mass is 9.89. The second-order valence-electron chi connectivity index (χ2n) is 9.55. The lowest BCUT2D eigenvalue weighted by molar-refractivity contribution is -0.127. The third-order valence-corrected chi connectivity index (χ3v) is 7.09. The van der Waals surface area contributed by atoms with Crippen molar-refractivity contribution in [3.63, 3.8) is 0 Å². The number of aryl methyl sites for hydroxylation is 1. The number of hydrogen-bond acceptors (Lipinski definition) is 4. The van der Waals surface area contributed by atoms with Gasteiger partial charge in [0.2, 0.25) is 5.91 Å². The number of rotatable bonds is 7. The average molecular weight is 488 g/mol. The first-order valence-corrected chi connectivity index (χ1v) is 12.7. The first kappa shape index (κ1) is 25.2. The number of carbonyl (C=O) groups excluding carboxylic acids is 3. The predicted octanol–water partition coefficient (Wildman–Crippen LogP) is 4.02. The third-order valence-electron chi connectivity index (χ3n) is 7.09. The predicted molar refractivity (Wildman–Crippen MR) is 138 cm³/mol. The zero-order chi connectivity index (χ0) is 25.5. The number of nitrogens with zero attached hydrogens (tertiary/aromatic N) is 3. The number of piperidine rings is 1. The smallest absolute Gasteiger partial charge is 0.319 e. The number of likely N-dealkylation sites (tertiary alicyclic amines) is 2. The van der Waals surface area contributed by atoms with Crippen LogP contribution in [0.1, 0.15) is 65.1 Å². The van der Waals surface area contributed by atoms with Crippen LogP contribution in [0.5, 0.6) is 0 Å². The van der Waals surface area contributed by atoms with Gasteiger partial charge in [-0.3, -0.25) is 9.59 Å². The topological polar surface area (TPSA) is 106 Å². The van der Waals surface area contributed by atoms with Gasteiger partial charge < -0.3 is 20.4 Å². The van der Waals surface area contributed by atoms with Gasteiger partial charge >= 0.3 is 6.03 Å². The molecule has 0 atom stereocenters. The van der Waals surface area contributed by atoms with E-state index in [1.54, 1.807) is 12.1 Å². The molecule has 2 N–H and O–H groups in total. The van der Waals surface area contributed by atoms with E-state index in [2.05, 4.69) is 16.7 Å². The van der Waals surface area contributed by atoms with Gasteiger partial charge in [0.25, 0.3) is 5.91 Å². The van der Waals surface area contributed by atoms with Crippen molar-refractivity contribution in [3.05, 3.63) is 64.7 Å². The molecule has 2 aliphatic heterocycles. The van der Waals surface area contributed by atoms with Gasteiger partial charge in [0.05, 0.1) is 11.6 Å². The Kier molecular flexibility index (Phi) is 8.21. The fourth-order valence-electron chi connectivity index (χ4n) is 4.90. The molecule has 0 unspecified atom stereocenters. The molecule has 2 aromatic rings. The first-order chi connectivity index (χ1) is 17.4. The van der Waals surface area contributed by atoms with E-state index in [9.17, 15) is 14.4 Å². The number of benzene rings is 2. The summed E-state index contributed by atoms with van der Waals surface area (Å²) in [6.45, 7) is 5.16.